The van der Waals surface area contributed by atoms with Gasteiger partial charge in [-0.05, 0) is 31.2 Å². The Bertz CT molecular complexity index is 343. The second-order valence-corrected chi connectivity index (χ2v) is 3.54. The fraction of sp³-hybridized carbons (Fsp3) is 0.182. The first-order chi connectivity index (χ1) is 6.59. The van der Waals surface area contributed by atoms with Crippen molar-refractivity contribution in [1.82, 2.24) is 0 Å². The maximum Gasteiger partial charge on any atom is 0.159 e. The van der Waals surface area contributed by atoms with Crippen molar-refractivity contribution < 1.29 is 4.79 Å². The van der Waals surface area contributed by atoms with Crippen molar-refractivity contribution in [2.45, 2.75) is 6.92 Å². The van der Waals surface area contributed by atoms with Gasteiger partial charge < -0.3 is 5.32 Å². The first kappa shape index (κ1) is 10.8. The number of hydrogen-bond donors (Lipinski definition) is 1. The minimum atomic E-state index is 0.0679. The number of ketones is 1. The number of Topliss-reactive ketones (excluding diaryl/α,β-unsaturated/α-hetero) is 1. The Balaban J connectivity index is 2.64. The standard InChI is InChI=1S/C11H12ClNO/c1-8(12)7-13-11-5-3-10(4-6-11)9(2)14/h3-6,13H,1,7H2,2H3. The van der Waals surface area contributed by atoms with Crippen molar-refractivity contribution in [1.29, 1.82) is 0 Å². The number of nitrogens with one attached hydrogen (secondary N) is 1. The van der Waals surface area contributed by atoms with Crippen LogP contribution in [0.5, 0.6) is 0 Å². The van der Waals surface area contributed by atoms with Crippen molar-refractivity contribution in [2.75, 3.05) is 11.9 Å². The van der Waals surface area contributed by atoms with E-state index in [0.29, 0.717) is 17.1 Å². The second-order valence-electron chi connectivity index (χ2n) is 3.00. The van der Waals surface area contributed by atoms with Gasteiger partial charge in [-0.1, -0.05) is 18.2 Å². The van der Waals surface area contributed by atoms with Gasteiger partial charge in [0, 0.05) is 16.3 Å². The molecule has 14 heavy (non-hydrogen) atoms. The first-order valence-electron chi connectivity index (χ1n) is 4.28. The molecule has 0 aliphatic heterocycles. The summed E-state index contributed by atoms with van der Waals surface area (Å²) in [5, 5.41) is 3.62. The molecule has 0 heterocycles. The summed E-state index contributed by atoms with van der Waals surface area (Å²) in [6.45, 7) is 5.64. The SMILES string of the molecule is C=C(Cl)CNc1ccc(C(C)=O)cc1. The van der Waals surface area contributed by atoms with Crippen molar-refractivity contribution in [2.24, 2.45) is 0 Å². The van der Waals surface area contributed by atoms with Crippen LogP contribution in [0.1, 0.15) is 17.3 Å². The number of anilines is 1. The Labute approximate surface area is 88.6 Å². The number of halogens is 1. The van der Waals surface area contributed by atoms with Crippen LogP contribution >= 0.6 is 11.6 Å². The quantitative estimate of drug-likeness (QED) is 0.773. The Morgan fingerprint density at radius 1 is 1.43 bits per heavy atom. The lowest BCUT2D eigenvalue weighted by molar-refractivity contribution is 0.101. The van der Waals surface area contributed by atoms with E-state index in [1.165, 1.54) is 0 Å². The third-order valence-electron chi connectivity index (χ3n) is 1.78. The Kier molecular flexibility index (Phi) is 3.72. The summed E-state index contributed by atoms with van der Waals surface area (Å²) in [5.41, 5.74) is 1.64. The molecule has 3 heteroatoms. The van der Waals surface area contributed by atoms with E-state index in [1.54, 1.807) is 19.1 Å². The van der Waals surface area contributed by atoms with E-state index in [-0.39, 0.29) is 5.78 Å². The van der Waals surface area contributed by atoms with Crippen LogP contribution in [0.4, 0.5) is 5.69 Å². The third kappa shape index (κ3) is 3.23. The molecule has 0 aliphatic carbocycles. The van der Waals surface area contributed by atoms with E-state index in [0.717, 1.165) is 5.69 Å². The van der Waals surface area contributed by atoms with Crippen LogP contribution in [0.2, 0.25) is 0 Å². The van der Waals surface area contributed by atoms with Gasteiger partial charge in [-0.15, -0.1) is 0 Å². The van der Waals surface area contributed by atoms with Crippen LogP contribution in [0, 0.1) is 0 Å². The van der Waals surface area contributed by atoms with Gasteiger partial charge in [-0.25, -0.2) is 0 Å². The predicted molar refractivity (Wildman–Crippen MR) is 59.9 cm³/mol. The number of carbonyl (C=O) groups is 1. The maximum atomic E-state index is 11.0. The summed E-state index contributed by atoms with van der Waals surface area (Å²) in [7, 11) is 0. The maximum absolute atomic E-state index is 11.0. The molecule has 0 radical (unpaired) electrons. The number of benzene rings is 1. The van der Waals surface area contributed by atoms with E-state index in [9.17, 15) is 4.79 Å². The molecular formula is C11H12ClNO. The topological polar surface area (TPSA) is 29.1 Å². The predicted octanol–water partition coefficient (Wildman–Crippen LogP) is 3.05. The minimum absolute atomic E-state index is 0.0679. The molecule has 74 valence electrons. The molecule has 0 fully saturated rings. The molecule has 0 saturated carbocycles. The van der Waals surface area contributed by atoms with E-state index in [4.69, 9.17) is 11.6 Å². The zero-order valence-electron chi connectivity index (χ0n) is 8.01. The Hall–Kier alpha value is -1.28. The summed E-state index contributed by atoms with van der Waals surface area (Å²) in [5.74, 6) is 0.0679. The number of hydrogen-bond acceptors (Lipinski definition) is 2. The highest BCUT2D eigenvalue weighted by molar-refractivity contribution is 6.29. The van der Waals surface area contributed by atoms with Crippen LogP contribution in [0.3, 0.4) is 0 Å². The van der Waals surface area contributed by atoms with Gasteiger partial charge in [0.25, 0.3) is 0 Å². The molecule has 0 aliphatic rings. The van der Waals surface area contributed by atoms with Crippen LogP contribution in [-0.4, -0.2) is 12.3 Å². The fourth-order valence-corrected chi connectivity index (χ4v) is 1.09. The Morgan fingerprint density at radius 3 is 2.43 bits per heavy atom. The zero-order valence-corrected chi connectivity index (χ0v) is 8.77. The molecule has 0 unspecified atom stereocenters. The average molecular weight is 210 g/mol. The smallest absolute Gasteiger partial charge is 0.159 e. The summed E-state index contributed by atoms with van der Waals surface area (Å²) in [6, 6.07) is 7.25. The average Bonchev–Trinajstić information content (AvgIpc) is 2.15. The monoisotopic (exact) mass is 209 g/mol. The van der Waals surface area contributed by atoms with Crippen LogP contribution in [0.15, 0.2) is 35.9 Å². The highest BCUT2D eigenvalue weighted by Crippen LogP contribution is 2.10. The first-order valence-corrected chi connectivity index (χ1v) is 4.65. The van der Waals surface area contributed by atoms with Gasteiger partial charge >= 0.3 is 0 Å². The lowest BCUT2D eigenvalue weighted by Gasteiger charge is -2.04. The van der Waals surface area contributed by atoms with Crippen LogP contribution < -0.4 is 5.32 Å². The van der Waals surface area contributed by atoms with Crippen LogP contribution in [-0.2, 0) is 0 Å². The molecule has 0 spiro atoms. The summed E-state index contributed by atoms with van der Waals surface area (Å²) in [4.78, 5) is 11.0. The minimum Gasteiger partial charge on any atom is -0.380 e. The molecule has 0 saturated heterocycles. The van der Waals surface area contributed by atoms with Crippen molar-refractivity contribution in [3.8, 4) is 0 Å². The van der Waals surface area contributed by atoms with E-state index in [1.807, 2.05) is 12.1 Å². The normalized spacial score (nSPS) is 9.57. The number of carbonyl (C=O) groups excluding carboxylic acids is 1. The number of rotatable bonds is 4. The van der Waals surface area contributed by atoms with Gasteiger partial charge in [0.15, 0.2) is 5.78 Å². The van der Waals surface area contributed by atoms with Gasteiger partial charge in [-0.2, -0.15) is 0 Å². The molecule has 0 bridgehead atoms. The second kappa shape index (κ2) is 4.82. The molecule has 1 rings (SSSR count). The summed E-state index contributed by atoms with van der Waals surface area (Å²) >= 11 is 5.60. The molecule has 0 amide bonds. The van der Waals surface area contributed by atoms with Gasteiger partial charge in [0.05, 0.1) is 6.54 Å². The summed E-state index contributed by atoms with van der Waals surface area (Å²) in [6.07, 6.45) is 0. The molecule has 0 atom stereocenters. The van der Waals surface area contributed by atoms with Crippen molar-refractivity contribution in [3.63, 3.8) is 0 Å². The van der Waals surface area contributed by atoms with Gasteiger partial charge in [0.1, 0.15) is 0 Å². The molecule has 0 aromatic heterocycles. The highest BCUT2D eigenvalue weighted by atomic mass is 35.5. The van der Waals surface area contributed by atoms with E-state index in [2.05, 4.69) is 11.9 Å². The van der Waals surface area contributed by atoms with Crippen molar-refractivity contribution >= 4 is 23.1 Å². The summed E-state index contributed by atoms with van der Waals surface area (Å²) < 4.78 is 0. The largest absolute Gasteiger partial charge is 0.380 e. The van der Waals surface area contributed by atoms with Gasteiger partial charge in [0.2, 0.25) is 0 Å². The van der Waals surface area contributed by atoms with Crippen LogP contribution in [0.25, 0.3) is 0 Å². The highest BCUT2D eigenvalue weighted by Gasteiger charge is 1.98. The third-order valence-corrected chi connectivity index (χ3v) is 1.91. The molecule has 1 aromatic carbocycles. The zero-order chi connectivity index (χ0) is 10.6. The fourth-order valence-electron chi connectivity index (χ4n) is 1.02. The molecule has 1 N–H and O–H groups in total. The van der Waals surface area contributed by atoms with E-state index >= 15 is 0 Å². The molecular weight excluding hydrogens is 198 g/mol. The Morgan fingerprint density at radius 2 is 2.00 bits per heavy atom. The lowest BCUT2D eigenvalue weighted by atomic mass is 10.1. The van der Waals surface area contributed by atoms with E-state index < -0.39 is 0 Å². The van der Waals surface area contributed by atoms with Crippen molar-refractivity contribution in [3.05, 3.63) is 41.4 Å². The molecule has 1 aromatic rings. The molecule has 2 nitrogen and oxygen atoms in total. The van der Waals surface area contributed by atoms with Gasteiger partial charge in [-0.3, -0.25) is 4.79 Å². The lowest BCUT2D eigenvalue weighted by Crippen LogP contribution is -2.01.